The third-order valence-electron chi connectivity index (χ3n) is 6.18. The first kappa shape index (κ1) is 28.7. The number of carbonyl (C=O) groups excluding carboxylic acids is 1. The Morgan fingerprint density at radius 3 is 2.61 bits per heavy atom. The molecular formula is C27H38N8O3. The summed E-state index contributed by atoms with van der Waals surface area (Å²) in [5.41, 5.74) is 3.24. The van der Waals surface area contributed by atoms with Crippen LogP contribution >= 0.6 is 0 Å². The number of amides is 1. The molecule has 1 aliphatic rings. The van der Waals surface area contributed by atoms with Gasteiger partial charge >= 0.3 is 0 Å². The maximum Gasteiger partial charge on any atom is 0.253 e. The molecule has 1 saturated heterocycles. The van der Waals surface area contributed by atoms with Crippen molar-refractivity contribution >= 4 is 29.7 Å². The fourth-order valence-electron chi connectivity index (χ4n) is 4.20. The number of aryl methyl sites for hydroxylation is 2. The zero-order valence-corrected chi connectivity index (χ0v) is 22.5. The highest BCUT2D eigenvalue weighted by atomic mass is 16.5. The Morgan fingerprint density at radius 2 is 1.97 bits per heavy atom. The molecule has 0 unspecified atom stereocenters. The number of nitrogens with zero attached hydrogens (tertiary/aromatic N) is 2. The van der Waals surface area contributed by atoms with Gasteiger partial charge in [0.05, 0.1) is 24.5 Å². The van der Waals surface area contributed by atoms with Gasteiger partial charge in [-0.25, -0.2) is 4.98 Å². The fourth-order valence-corrected chi connectivity index (χ4v) is 4.20. The van der Waals surface area contributed by atoms with Gasteiger partial charge in [-0.1, -0.05) is 0 Å². The van der Waals surface area contributed by atoms with E-state index in [9.17, 15) is 9.59 Å². The van der Waals surface area contributed by atoms with Crippen molar-refractivity contribution in [1.29, 1.82) is 10.8 Å². The van der Waals surface area contributed by atoms with Gasteiger partial charge in [0.2, 0.25) is 0 Å². The smallest absolute Gasteiger partial charge is 0.253 e. The van der Waals surface area contributed by atoms with E-state index in [0.717, 1.165) is 50.3 Å². The average molecular weight is 523 g/mol. The number of ether oxygens (including phenoxy) is 1. The molecule has 0 spiro atoms. The molecule has 3 rings (SSSR count). The van der Waals surface area contributed by atoms with Gasteiger partial charge in [-0.2, -0.15) is 0 Å². The maximum absolute atomic E-state index is 13.3. The summed E-state index contributed by atoms with van der Waals surface area (Å²) in [4.78, 5) is 35.4. The lowest BCUT2D eigenvalue weighted by atomic mass is 10.0. The summed E-state index contributed by atoms with van der Waals surface area (Å²) in [6.45, 7) is 12.3. The van der Waals surface area contributed by atoms with E-state index < -0.39 is 5.91 Å². The van der Waals surface area contributed by atoms with Crippen LogP contribution in [0, 0.1) is 24.7 Å². The molecule has 0 aromatic carbocycles. The number of carbonyl (C=O) groups is 1. The summed E-state index contributed by atoms with van der Waals surface area (Å²) >= 11 is 0. The van der Waals surface area contributed by atoms with E-state index in [2.05, 4.69) is 30.8 Å². The third kappa shape index (κ3) is 7.59. The lowest BCUT2D eigenvalue weighted by Gasteiger charge is -2.26. The van der Waals surface area contributed by atoms with E-state index in [0.29, 0.717) is 34.8 Å². The van der Waals surface area contributed by atoms with Gasteiger partial charge in [0.1, 0.15) is 5.82 Å². The minimum atomic E-state index is -0.442. The molecule has 3 heterocycles. The molecule has 0 radical (unpaired) electrons. The van der Waals surface area contributed by atoms with Gasteiger partial charge < -0.3 is 36.5 Å². The molecule has 0 atom stereocenters. The van der Waals surface area contributed by atoms with Crippen LogP contribution in [0.2, 0.25) is 0 Å². The van der Waals surface area contributed by atoms with Gasteiger partial charge in [-0.05, 0) is 45.4 Å². The van der Waals surface area contributed by atoms with Crippen LogP contribution in [0.5, 0.6) is 0 Å². The van der Waals surface area contributed by atoms with Crippen LogP contribution in [0.1, 0.15) is 52.3 Å². The second kappa shape index (κ2) is 13.6. The van der Waals surface area contributed by atoms with Crippen molar-refractivity contribution in [1.82, 2.24) is 25.5 Å². The highest BCUT2D eigenvalue weighted by molar-refractivity contribution is 6.10. The number of pyridine rings is 2. The number of morpholine rings is 1. The van der Waals surface area contributed by atoms with Crippen molar-refractivity contribution in [2.75, 3.05) is 44.7 Å². The normalized spacial score (nSPS) is 14.3. The molecule has 0 aliphatic carbocycles. The summed E-state index contributed by atoms with van der Waals surface area (Å²) in [7, 11) is 0. The molecule has 11 nitrogen and oxygen atoms in total. The Bertz CT molecular complexity index is 1250. The van der Waals surface area contributed by atoms with Crippen LogP contribution in [-0.2, 0) is 11.3 Å². The summed E-state index contributed by atoms with van der Waals surface area (Å²) in [5.74, 6) is -0.0639. The zero-order valence-electron chi connectivity index (χ0n) is 22.5. The molecule has 38 heavy (non-hydrogen) atoms. The van der Waals surface area contributed by atoms with Crippen molar-refractivity contribution in [3.8, 4) is 0 Å². The Hall–Kier alpha value is -3.83. The number of nitrogens with one attached hydrogen (secondary N) is 6. The van der Waals surface area contributed by atoms with E-state index in [1.807, 2.05) is 26.8 Å². The number of aromatic amines is 1. The monoisotopic (exact) mass is 522 g/mol. The molecule has 2 aromatic heterocycles. The quantitative estimate of drug-likeness (QED) is 0.184. The average Bonchev–Trinajstić information content (AvgIpc) is 2.87. The van der Waals surface area contributed by atoms with Gasteiger partial charge in [-0.15, -0.1) is 0 Å². The minimum Gasteiger partial charge on any atom is -0.389 e. The third-order valence-corrected chi connectivity index (χ3v) is 6.18. The SMILES string of the molecule is Cc1cc(C)c(CNC(=O)c2cc(/C(C=N)=C/NCCN3CCOCC3)nc(NC(C)C)c2C=N)c(=O)[nH]1. The van der Waals surface area contributed by atoms with E-state index >= 15 is 0 Å². The molecule has 1 aliphatic heterocycles. The summed E-state index contributed by atoms with van der Waals surface area (Å²) in [5, 5.41) is 25.2. The Morgan fingerprint density at radius 1 is 1.24 bits per heavy atom. The number of rotatable bonds is 12. The van der Waals surface area contributed by atoms with E-state index in [1.54, 1.807) is 19.2 Å². The van der Waals surface area contributed by atoms with Crippen LogP contribution in [0.15, 0.2) is 23.1 Å². The van der Waals surface area contributed by atoms with Crippen LogP contribution in [0.3, 0.4) is 0 Å². The predicted octanol–water partition coefficient (Wildman–Crippen LogP) is 2.05. The molecule has 11 heteroatoms. The van der Waals surface area contributed by atoms with Crippen LogP contribution in [0.25, 0.3) is 5.57 Å². The molecule has 1 fully saturated rings. The molecule has 0 saturated carbocycles. The number of H-pyrrole nitrogens is 1. The number of allylic oxidation sites excluding steroid dienone is 1. The molecular weight excluding hydrogens is 484 g/mol. The topological polar surface area (TPSA) is 159 Å². The highest BCUT2D eigenvalue weighted by Crippen LogP contribution is 2.22. The highest BCUT2D eigenvalue weighted by Gasteiger charge is 2.20. The summed E-state index contributed by atoms with van der Waals surface area (Å²) < 4.78 is 5.38. The van der Waals surface area contributed by atoms with Gasteiger partial charge in [0, 0.05) is 79.8 Å². The second-order valence-electron chi connectivity index (χ2n) is 9.54. The molecule has 0 bridgehead atoms. The minimum absolute atomic E-state index is 0.000172. The molecule has 204 valence electrons. The van der Waals surface area contributed by atoms with Crippen molar-refractivity contribution in [3.63, 3.8) is 0 Å². The number of aromatic nitrogens is 2. The van der Waals surface area contributed by atoms with E-state index in [-0.39, 0.29) is 23.7 Å². The van der Waals surface area contributed by atoms with Crippen molar-refractivity contribution < 1.29 is 9.53 Å². The van der Waals surface area contributed by atoms with Gasteiger partial charge in [0.15, 0.2) is 0 Å². The standard InChI is InChI=1S/C27H38N8O3/c1-17(2)32-25-22(14-29)21(26(36)31-16-23-18(3)11-19(4)33-27(23)37)12-24(34-25)20(13-28)15-30-5-6-35-7-9-38-10-8-35/h11-15,17,28-30H,5-10,16H2,1-4H3,(H,31,36)(H,32,34)(H,33,37)/b20-15+,28-13?,29-14?. The Balaban J connectivity index is 1.86. The molecule has 6 N–H and O–H groups in total. The molecule has 2 aromatic rings. The van der Waals surface area contributed by atoms with E-state index in [1.165, 1.54) is 6.21 Å². The predicted molar refractivity (Wildman–Crippen MR) is 151 cm³/mol. The first-order valence-electron chi connectivity index (χ1n) is 12.8. The van der Waals surface area contributed by atoms with Gasteiger partial charge in [-0.3, -0.25) is 14.5 Å². The lowest BCUT2D eigenvalue weighted by Crippen LogP contribution is -2.39. The number of hydrogen-bond acceptors (Lipinski definition) is 9. The fraction of sp³-hybridized carbons (Fsp3) is 0.444. The molecule has 1 amide bonds. The Kier molecular flexibility index (Phi) is 10.3. The summed E-state index contributed by atoms with van der Waals surface area (Å²) in [6, 6.07) is 3.43. The van der Waals surface area contributed by atoms with Crippen LogP contribution < -0.4 is 21.5 Å². The Labute approximate surface area is 223 Å². The number of anilines is 1. The number of hydrogen-bond donors (Lipinski definition) is 6. The van der Waals surface area contributed by atoms with Gasteiger partial charge in [0.25, 0.3) is 11.5 Å². The van der Waals surface area contributed by atoms with Crippen molar-refractivity contribution in [2.45, 2.75) is 40.3 Å². The van der Waals surface area contributed by atoms with Crippen molar-refractivity contribution in [3.05, 3.63) is 62.3 Å². The summed E-state index contributed by atoms with van der Waals surface area (Å²) in [6.07, 6.45) is 3.99. The lowest BCUT2D eigenvalue weighted by molar-refractivity contribution is 0.0388. The first-order chi connectivity index (χ1) is 18.2. The second-order valence-corrected chi connectivity index (χ2v) is 9.54. The largest absolute Gasteiger partial charge is 0.389 e. The zero-order chi connectivity index (χ0) is 27.7. The van der Waals surface area contributed by atoms with Crippen LogP contribution in [-0.4, -0.2) is 78.6 Å². The first-order valence-corrected chi connectivity index (χ1v) is 12.8. The maximum atomic E-state index is 13.3. The van der Waals surface area contributed by atoms with E-state index in [4.69, 9.17) is 15.6 Å². The van der Waals surface area contributed by atoms with Crippen molar-refractivity contribution in [2.24, 2.45) is 0 Å². The van der Waals surface area contributed by atoms with Crippen LogP contribution in [0.4, 0.5) is 5.82 Å².